The quantitative estimate of drug-likeness (QED) is 0.883. The Kier molecular flexibility index (Phi) is 4.51. The van der Waals surface area contributed by atoms with Crippen molar-refractivity contribution in [2.45, 2.75) is 31.2 Å². The van der Waals surface area contributed by atoms with Crippen molar-refractivity contribution in [1.82, 2.24) is 10.3 Å². The van der Waals surface area contributed by atoms with Crippen molar-refractivity contribution in [3.8, 4) is 5.75 Å². The number of nitrogens with one attached hydrogen (secondary N) is 1. The average molecular weight is 282 g/mol. The SMILES string of the molecule is COc1ccccc1C1CC(NCCc2ccccn2)C1. The third kappa shape index (κ3) is 3.42. The van der Waals surface area contributed by atoms with Crippen LogP contribution in [0.4, 0.5) is 0 Å². The molecule has 0 unspecified atom stereocenters. The minimum absolute atomic E-state index is 0.628. The average Bonchev–Trinajstić information content (AvgIpc) is 2.50. The maximum absolute atomic E-state index is 5.45. The van der Waals surface area contributed by atoms with Crippen LogP contribution in [0.1, 0.15) is 30.0 Å². The molecule has 0 spiro atoms. The molecule has 1 aliphatic rings. The molecule has 0 atom stereocenters. The van der Waals surface area contributed by atoms with Crippen molar-refractivity contribution >= 4 is 0 Å². The molecule has 0 radical (unpaired) electrons. The second kappa shape index (κ2) is 6.72. The van der Waals surface area contributed by atoms with Gasteiger partial charge in [0.1, 0.15) is 5.75 Å². The van der Waals surface area contributed by atoms with E-state index < -0.39 is 0 Å². The number of nitrogens with zero attached hydrogens (tertiary/aromatic N) is 1. The number of rotatable bonds is 6. The lowest BCUT2D eigenvalue weighted by Gasteiger charge is -2.37. The predicted octanol–water partition coefficient (Wildman–Crippen LogP) is 3.17. The summed E-state index contributed by atoms with van der Waals surface area (Å²) in [5.74, 6) is 1.66. The topological polar surface area (TPSA) is 34.1 Å². The number of hydrogen-bond donors (Lipinski definition) is 1. The second-order valence-corrected chi connectivity index (χ2v) is 5.63. The zero-order valence-electron chi connectivity index (χ0n) is 12.5. The summed E-state index contributed by atoms with van der Waals surface area (Å²) in [7, 11) is 1.75. The van der Waals surface area contributed by atoms with E-state index in [1.807, 2.05) is 24.4 Å². The number of hydrogen-bond acceptors (Lipinski definition) is 3. The zero-order valence-corrected chi connectivity index (χ0v) is 12.5. The highest BCUT2D eigenvalue weighted by Gasteiger charge is 2.31. The molecule has 1 aliphatic carbocycles. The highest BCUT2D eigenvalue weighted by Crippen LogP contribution is 2.40. The van der Waals surface area contributed by atoms with Gasteiger partial charge in [0.25, 0.3) is 0 Å². The maximum atomic E-state index is 5.45. The number of benzene rings is 1. The van der Waals surface area contributed by atoms with Crippen molar-refractivity contribution in [2.24, 2.45) is 0 Å². The number of para-hydroxylation sites is 1. The van der Waals surface area contributed by atoms with Gasteiger partial charge in [-0.2, -0.15) is 0 Å². The molecule has 0 bridgehead atoms. The van der Waals surface area contributed by atoms with Crippen LogP contribution in [0.15, 0.2) is 48.7 Å². The van der Waals surface area contributed by atoms with Crippen molar-refractivity contribution in [1.29, 1.82) is 0 Å². The van der Waals surface area contributed by atoms with Crippen molar-refractivity contribution < 1.29 is 4.74 Å². The van der Waals surface area contributed by atoms with Crippen LogP contribution in [0.25, 0.3) is 0 Å². The van der Waals surface area contributed by atoms with Crippen LogP contribution in [-0.4, -0.2) is 24.7 Å². The molecule has 2 aromatic rings. The van der Waals surface area contributed by atoms with Crippen LogP contribution in [-0.2, 0) is 6.42 Å². The Labute approximate surface area is 126 Å². The molecule has 3 rings (SSSR count). The normalized spacial score (nSPS) is 20.8. The summed E-state index contributed by atoms with van der Waals surface area (Å²) in [6.07, 6.45) is 5.25. The highest BCUT2D eigenvalue weighted by molar-refractivity contribution is 5.37. The summed E-state index contributed by atoms with van der Waals surface area (Å²) < 4.78 is 5.45. The number of aromatic nitrogens is 1. The van der Waals surface area contributed by atoms with Crippen molar-refractivity contribution in [3.63, 3.8) is 0 Å². The summed E-state index contributed by atoms with van der Waals surface area (Å²) in [5.41, 5.74) is 2.51. The van der Waals surface area contributed by atoms with E-state index in [1.165, 1.54) is 18.4 Å². The molecular weight excluding hydrogens is 260 g/mol. The van der Waals surface area contributed by atoms with E-state index in [0.29, 0.717) is 12.0 Å². The number of ether oxygens (including phenoxy) is 1. The van der Waals surface area contributed by atoms with Gasteiger partial charge in [0.15, 0.2) is 0 Å². The van der Waals surface area contributed by atoms with Gasteiger partial charge in [0.2, 0.25) is 0 Å². The van der Waals surface area contributed by atoms with E-state index >= 15 is 0 Å². The van der Waals surface area contributed by atoms with Crippen LogP contribution in [0, 0.1) is 0 Å². The van der Waals surface area contributed by atoms with E-state index in [4.69, 9.17) is 4.74 Å². The van der Waals surface area contributed by atoms with Gasteiger partial charge in [-0.1, -0.05) is 24.3 Å². The molecule has 3 nitrogen and oxygen atoms in total. The lowest BCUT2D eigenvalue weighted by molar-refractivity contribution is 0.284. The summed E-state index contributed by atoms with van der Waals surface area (Å²) in [6.45, 7) is 1.00. The Bertz CT molecular complexity index is 564. The van der Waals surface area contributed by atoms with Crippen LogP contribution >= 0.6 is 0 Å². The summed E-state index contributed by atoms with van der Waals surface area (Å²) >= 11 is 0. The Morgan fingerprint density at radius 3 is 2.71 bits per heavy atom. The van der Waals surface area contributed by atoms with E-state index in [1.54, 1.807) is 7.11 Å². The molecule has 1 saturated carbocycles. The molecule has 21 heavy (non-hydrogen) atoms. The minimum atomic E-state index is 0.628. The summed E-state index contributed by atoms with van der Waals surface area (Å²) in [4.78, 5) is 4.35. The van der Waals surface area contributed by atoms with E-state index in [0.717, 1.165) is 24.4 Å². The molecule has 1 fully saturated rings. The molecule has 1 heterocycles. The standard InChI is InChI=1S/C18H22N2O/c1-21-18-8-3-2-7-17(18)14-12-16(13-14)20-11-9-15-6-4-5-10-19-15/h2-8,10,14,16,20H,9,11-13H2,1H3. The van der Waals surface area contributed by atoms with Gasteiger partial charge in [0.05, 0.1) is 7.11 Å². The third-order valence-electron chi connectivity index (χ3n) is 4.26. The fraction of sp³-hybridized carbons (Fsp3) is 0.389. The minimum Gasteiger partial charge on any atom is -0.496 e. The van der Waals surface area contributed by atoms with Gasteiger partial charge in [0, 0.05) is 30.9 Å². The van der Waals surface area contributed by atoms with E-state index in [2.05, 4.69) is 34.6 Å². The Hall–Kier alpha value is -1.87. The summed E-state index contributed by atoms with van der Waals surface area (Å²) in [5, 5.41) is 3.62. The van der Waals surface area contributed by atoms with Crippen LogP contribution in [0.3, 0.4) is 0 Å². The summed E-state index contributed by atoms with van der Waals surface area (Å²) in [6, 6.07) is 15.1. The van der Waals surface area contributed by atoms with E-state index in [-0.39, 0.29) is 0 Å². The van der Waals surface area contributed by atoms with Gasteiger partial charge in [-0.25, -0.2) is 0 Å². The van der Waals surface area contributed by atoms with Crippen LogP contribution in [0.2, 0.25) is 0 Å². The first-order chi connectivity index (χ1) is 10.4. The lowest BCUT2D eigenvalue weighted by Crippen LogP contribution is -2.41. The largest absolute Gasteiger partial charge is 0.496 e. The highest BCUT2D eigenvalue weighted by atomic mass is 16.5. The van der Waals surface area contributed by atoms with Gasteiger partial charge < -0.3 is 10.1 Å². The van der Waals surface area contributed by atoms with Gasteiger partial charge >= 0.3 is 0 Å². The molecule has 110 valence electrons. The first-order valence-electron chi connectivity index (χ1n) is 7.63. The van der Waals surface area contributed by atoms with Crippen molar-refractivity contribution in [2.75, 3.05) is 13.7 Å². The smallest absolute Gasteiger partial charge is 0.122 e. The predicted molar refractivity (Wildman–Crippen MR) is 84.7 cm³/mol. The molecule has 1 aromatic heterocycles. The number of methoxy groups -OCH3 is 1. The van der Waals surface area contributed by atoms with Gasteiger partial charge in [-0.3, -0.25) is 4.98 Å². The van der Waals surface area contributed by atoms with Gasteiger partial charge in [-0.15, -0.1) is 0 Å². The molecule has 1 N–H and O–H groups in total. The van der Waals surface area contributed by atoms with E-state index in [9.17, 15) is 0 Å². The molecule has 0 saturated heterocycles. The number of pyridine rings is 1. The molecular formula is C18H22N2O. The molecule has 1 aromatic carbocycles. The molecule has 0 aliphatic heterocycles. The van der Waals surface area contributed by atoms with Crippen LogP contribution in [0.5, 0.6) is 5.75 Å². The Morgan fingerprint density at radius 1 is 1.14 bits per heavy atom. The third-order valence-corrected chi connectivity index (χ3v) is 4.26. The second-order valence-electron chi connectivity index (χ2n) is 5.63. The first-order valence-corrected chi connectivity index (χ1v) is 7.63. The zero-order chi connectivity index (χ0) is 14.5. The van der Waals surface area contributed by atoms with Gasteiger partial charge in [-0.05, 0) is 42.5 Å². The first kappa shape index (κ1) is 14.1. The molecule has 0 amide bonds. The Balaban J connectivity index is 1.44. The Morgan fingerprint density at radius 2 is 1.95 bits per heavy atom. The maximum Gasteiger partial charge on any atom is 0.122 e. The van der Waals surface area contributed by atoms with Crippen molar-refractivity contribution in [3.05, 3.63) is 59.9 Å². The lowest BCUT2D eigenvalue weighted by atomic mass is 9.75. The fourth-order valence-corrected chi connectivity index (χ4v) is 2.99. The van der Waals surface area contributed by atoms with Crippen LogP contribution < -0.4 is 10.1 Å². The molecule has 3 heteroatoms. The fourth-order valence-electron chi connectivity index (χ4n) is 2.99. The monoisotopic (exact) mass is 282 g/mol.